The van der Waals surface area contributed by atoms with Gasteiger partial charge in [-0.05, 0) is 37.1 Å². The van der Waals surface area contributed by atoms with Crippen LogP contribution in [0.1, 0.15) is 23.6 Å². The Kier molecular flexibility index (Phi) is 4.86. The van der Waals surface area contributed by atoms with Gasteiger partial charge < -0.3 is 15.0 Å². The average molecular weight is 325 g/mol. The third-order valence-electron chi connectivity index (χ3n) is 4.87. The zero-order valence-electron chi connectivity index (χ0n) is 14.6. The summed E-state index contributed by atoms with van der Waals surface area (Å²) >= 11 is 0. The van der Waals surface area contributed by atoms with Crippen molar-refractivity contribution in [2.24, 2.45) is 0 Å². The van der Waals surface area contributed by atoms with Crippen molar-refractivity contribution in [2.75, 3.05) is 19.0 Å². The number of amides is 1. The van der Waals surface area contributed by atoms with Gasteiger partial charge in [-0.25, -0.2) is 0 Å². The number of quaternary nitrogens is 1. The molecule has 3 rings (SSSR count). The quantitative estimate of drug-likeness (QED) is 0.903. The molecule has 2 aromatic carbocycles. The predicted octanol–water partition coefficient (Wildman–Crippen LogP) is 1.97. The Morgan fingerprint density at radius 2 is 1.96 bits per heavy atom. The molecule has 1 unspecified atom stereocenters. The van der Waals surface area contributed by atoms with Gasteiger partial charge in [-0.1, -0.05) is 30.3 Å². The van der Waals surface area contributed by atoms with E-state index in [0.29, 0.717) is 5.75 Å². The summed E-state index contributed by atoms with van der Waals surface area (Å²) in [5, 5.41) is 3.04. The highest BCUT2D eigenvalue weighted by atomic mass is 16.5. The minimum Gasteiger partial charge on any atom is -0.495 e. The van der Waals surface area contributed by atoms with E-state index in [0.717, 1.165) is 30.8 Å². The maximum atomic E-state index is 12.7. The van der Waals surface area contributed by atoms with Crippen molar-refractivity contribution in [3.05, 3.63) is 59.2 Å². The molecule has 1 aliphatic rings. The second-order valence-electron chi connectivity index (χ2n) is 6.52. The smallest absolute Gasteiger partial charge is 0.282 e. The summed E-state index contributed by atoms with van der Waals surface area (Å²) in [5.41, 5.74) is 4.60. The summed E-state index contributed by atoms with van der Waals surface area (Å²) in [7, 11) is 1.62. The first kappa shape index (κ1) is 16.5. The fourth-order valence-corrected chi connectivity index (χ4v) is 3.32. The van der Waals surface area contributed by atoms with E-state index in [9.17, 15) is 4.79 Å². The fraction of sp³-hybridized carbons (Fsp3) is 0.350. The number of rotatable bonds is 4. The summed E-state index contributed by atoms with van der Waals surface area (Å²) in [6.07, 6.45) is 1.02. The molecular formula is C20H25N2O2+. The third-order valence-corrected chi connectivity index (χ3v) is 4.87. The standard InChI is InChI=1S/C20H24N2O2/c1-14-8-9-19(24-3)18(12-14)21-20(23)15(2)22-11-10-16-6-4-5-7-17(16)13-22/h4-9,12,15H,10-11,13H2,1-3H3,(H,21,23)/p+1/t15-/m1/s1. The van der Waals surface area contributed by atoms with Crippen molar-refractivity contribution in [3.63, 3.8) is 0 Å². The normalized spacial score (nSPS) is 17.7. The number of carbonyl (C=O) groups is 1. The van der Waals surface area contributed by atoms with E-state index in [2.05, 4.69) is 29.6 Å². The summed E-state index contributed by atoms with van der Waals surface area (Å²) in [4.78, 5) is 14.0. The first-order valence-corrected chi connectivity index (χ1v) is 8.45. The molecule has 0 aromatic heterocycles. The number of hydrogen-bond acceptors (Lipinski definition) is 2. The molecule has 4 nitrogen and oxygen atoms in total. The number of methoxy groups -OCH3 is 1. The number of fused-ring (bicyclic) bond motifs is 1. The van der Waals surface area contributed by atoms with Crippen LogP contribution in [0.4, 0.5) is 5.69 Å². The average Bonchev–Trinajstić information content (AvgIpc) is 2.61. The molecule has 24 heavy (non-hydrogen) atoms. The Labute approximate surface area is 143 Å². The molecule has 0 aliphatic carbocycles. The van der Waals surface area contributed by atoms with Crippen molar-refractivity contribution in [3.8, 4) is 5.75 Å². The molecule has 2 atom stereocenters. The lowest BCUT2D eigenvalue weighted by molar-refractivity contribution is -0.929. The number of aryl methyl sites for hydroxylation is 1. The second-order valence-corrected chi connectivity index (χ2v) is 6.52. The van der Waals surface area contributed by atoms with Gasteiger partial charge in [-0.2, -0.15) is 0 Å². The van der Waals surface area contributed by atoms with Crippen molar-refractivity contribution in [1.82, 2.24) is 0 Å². The maximum Gasteiger partial charge on any atom is 0.282 e. The number of anilines is 1. The topological polar surface area (TPSA) is 42.8 Å². The lowest BCUT2D eigenvalue weighted by Crippen LogP contribution is -3.16. The van der Waals surface area contributed by atoms with E-state index < -0.39 is 0 Å². The van der Waals surface area contributed by atoms with E-state index in [1.165, 1.54) is 16.0 Å². The number of benzene rings is 2. The summed E-state index contributed by atoms with van der Waals surface area (Å²) in [6.45, 7) is 5.89. The van der Waals surface area contributed by atoms with E-state index in [1.54, 1.807) is 7.11 Å². The number of carbonyl (C=O) groups excluding carboxylic acids is 1. The van der Waals surface area contributed by atoms with Gasteiger partial charge in [0.25, 0.3) is 5.91 Å². The zero-order chi connectivity index (χ0) is 17.1. The molecular weight excluding hydrogens is 300 g/mol. The number of nitrogens with one attached hydrogen (secondary N) is 2. The maximum absolute atomic E-state index is 12.7. The van der Waals surface area contributed by atoms with Gasteiger partial charge in [0.05, 0.1) is 19.3 Å². The molecule has 1 heterocycles. The van der Waals surface area contributed by atoms with Gasteiger partial charge in [-0.15, -0.1) is 0 Å². The van der Waals surface area contributed by atoms with Gasteiger partial charge in [0, 0.05) is 12.0 Å². The van der Waals surface area contributed by atoms with Crippen LogP contribution in [0.3, 0.4) is 0 Å². The minimum atomic E-state index is -0.108. The Morgan fingerprint density at radius 3 is 2.71 bits per heavy atom. The fourth-order valence-electron chi connectivity index (χ4n) is 3.32. The Morgan fingerprint density at radius 1 is 1.21 bits per heavy atom. The Bertz CT molecular complexity index is 742. The molecule has 0 fully saturated rings. The molecule has 0 spiro atoms. The first-order chi connectivity index (χ1) is 11.6. The van der Waals surface area contributed by atoms with Crippen LogP contribution in [0.25, 0.3) is 0 Å². The highest BCUT2D eigenvalue weighted by Gasteiger charge is 2.29. The van der Waals surface area contributed by atoms with E-state index >= 15 is 0 Å². The van der Waals surface area contributed by atoms with E-state index in [1.807, 2.05) is 32.0 Å². The van der Waals surface area contributed by atoms with Crippen molar-refractivity contribution >= 4 is 11.6 Å². The molecule has 0 bridgehead atoms. The van der Waals surface area contributed by atoms with Crippen molar-refractivity contribution < 1.29 is 14.4 Å². The van der Waals surface area contributed by atoms with Gasteiger partial charge in [-0.3, -0.25) is 4.79 Å². The summed E-state index contributed by atoms with van der Waals surface area (Å²) < 4.78 is 5.35. The van der Waals surface area contributed by atoms with Crippen LogP contribution >= 0.6 is 0 Å². The molecule has 0 radical (unpaired) electrons. The first-order valence-electron chi connectivity index (χ1n) is 8.45. The molecule has 0 saturated carbocycles. The highest BCUT2D eigenvalue weighted by molar-refractivity contribution is 5.95. The molecule has 4 heteroatoms. The van der Waals surface area contributed by atoms with Crippen LogP contribution in [0.2, 0.25) is 0 Å². The highest BCUT2D eigenvalue weighted by Crippen LogP contribution is 2.25. The van der Waals surface area contributed by atoms with Crippen LogP contribution < -0.4 is 15.0 Å². The second kappa shape index (κ2) is 7.05. The van der Waals surface area contributed by atoms with Gasteiger partial charge in [0.15, 0.2) is 6.04 Å². The molecule has 1 amide bonds. The molecule has 2 N–H and O–H groups in total. The lowest BCUT2D eigenvalue weighted by Gasteiger charge is -2.30. The van der Waals surface area contributed by atoms with Crippen molar-refractivity contribution in [2.45, 2.75) is 32.9 Å². The third kappa shape index (κ3) is 3.44. The van der Waals surface area contributed by atoms with Crippen LogP contribution in [0, 0.1) is 6.92 Å². The van der Waals surface area contributed by atoms with Gasteiger partial charge >= 0.3 is 0 Å². The minimum absolute atomic E-state index is 0.0354. The summed E-state index contributed by atoms with van der Waals surface area (Å²) in [5.74, 6) is 0.730. The molecule has 2 aromatic rings. The lowest BCUT2D eigenvalue weighted by atomic mass is 9.99. The number of ether oxygens (including phenoxy) is 1. The largest absolute Gasteiger partial charge is 0.495 e. The van der Waals surface area contributed by atoms with Crippen LogP contribution in [0.5, 0.6) is 5.75 Å². The monoisotopic (exact) mass is 325 g/mol. The van der Waals surface area contributed by atoms with Crippen LogP contribution in [-0.4, -0.2) is 25.6 Å². The zero-order valence-corrected chi connectivity index (χ0v) is 14.6. The van der Waals surface area contributed by atoms with E-state index in [4.69, 9.17) is 4.74 Å². The Balaban J connectivity index is 1.71. The SMILES string of the molecule is COc1ccc(C)cc1NC(=O)[C@@H](C)[NH+]1CCc2ccccc2C1. The van der Waals surface area contributed by atoms with Crippen molar-refractivity contribution in [1.29, 1.82) is 0 Å². The molecule has 0 saturated heterocycles. The summed E-state index contributed by atoms with van der Waals surface area (Å²) in [6, 6.07) is 14.2. The molecule has 126 valence electrons. The predicted molar refractivity (Wildman–Crippen MR) is 95.5 cm³/mol. The van der Waals surface area contributed by atoms with Gasteiger partial charge in [0.2, 0.25) is 0 Å². The Hall–Kier alpha value is -2.33. The number of hydrogen-bond donors (Lipinski definition) is 2. The molecule has 1 aliphatic heterocycles. The van der Waals surface area contributed by atoms with Gasteiger partial charge in [0.1, 0.15) is 12.3 Å². The van der Waals surface area contributed by atoms with E-state index in [-0.39, 0.29) is 11.9 Å². The van der Waals surface area contributed by atoms with Crippen LogP contribution in [0.15, 0.2) is 42.5 Å². The van der Waals surface area contributed by atoms with Crippen LogP contribution in [-0.2, 0) is 17.8 Å².